The van der Waals surface area contributed by atoms with E-state index in [0.29, 0.717) is 11.8 Å². The van der Waals surface area contributed by atoms with Crippen molar-refractivity contribution >= 4 is 16.3 Å². The van der Waals surface area contributed by atoms with Gasteiger partial charge in [-0.2, -0.15) is 0 Å². The molecule has 5 nitrogen and oxygen atoms in total. The number of rotatable bonds is 5. The number of aliphatic hydroxyl groups is 1. The van der Waals surface area contributed by atoms with Gasteiger partial charge < -0.3 is 9.52 Å². The summed E-state index contributed by atoms with van der Waals surface area (Å²) < 4.78 is 7.57. The molecule has 0 aromatic carbocycles. The average molecular weight is 345 g/mol. The Morgan fingerprint density at radius 2 is 2.33 bits per heavy atom. The van der Waals surface area contributed by atoms with Crippen molar-refractivity contribution < 1.29 is 9.52 Å². The molecule has 128 valence electrons. The second-order valence-electron chi connectivity index (χ2n) is 6.67. The standard InChI is InChI=1S/C18H23N3O2S/c1-12-10-21-15(13(2)19-18(21)24-12)11-20-7-3-5-14(20)9-16(22)17-6-4-8-23-17/h4,6,8,10,14,16,22H,3,5,7,9,11H2,1-2H3/t14-,16-/m1/s1. The molecule has 1 aliphatic rings. The maximum atomic E-state index is 10.4. The van der Waals surface area contributed by atoms with Gasteiger partial charge in [0.1, 0.15) is 11.9 Å². The summed E-state index contributed by atoms with van der Waals surface area (Å²) in [5.74, 6) is 0.665. The molecule has 3 aromatic heterocycles. The van der Waals surface area contributed by atoms with Crippen LogP contribution in [0.15, 0.2) is 29.0 Å². The van der Waals surface area contributed by atoms with Crippen molar-refractivity contribution in [2.75, 3.05) is 6.54 Å². The summed E-state index contributed by atoms with van der Waals surface area (Å²) in [4.78, 5) is 9.53. The molecule has 1 saturated heterocycles. The first-order valence-electron chi connectivity index (χ1n) is 8.51. The molecule has 0 amide bonds. The molecule has 0 saturated carbocycles. The van der Waals surface area contributed by atoms with Crippen LogP contribution in [0.1, 0.15) is 47.4 Å². The van der Waals surface area contributed by atoms with E-state index in [1.807, 2.05) is 12.1 Å². The molecule has 0 aliphatic carbocycles. The summed E-state index contributed by atoms with van der Waals surface area (Å²) in [6.45, 7) is 6.17. The molecule has 0 bridgehead atoms. The molecule has 1 N–H and O–H groups in total. The van der Waals surface area contributed by atoms with Gasteiger partial charge in [0.2, 0.25) is 0 Å². The predicted molar refractivity (Wildman–Crippen MR) is 94.3 cm³/mol. The van der Waals surface area contributed by atoms with E-state index < -0.39 is 6.10 Å². The normalized spacial score (nSPS) is 20.2. The second kappa shape index (κ2) is 6.35. The third-order valence-corrected chi connectivity index (χ3v) is 5.86. The number of likely N-dealkylation sites (tertiary alicyclic amines) is 1. The Hall–Kier alpha value is -1.63. The lowest BCUT2D eigenvalue weighted by Gasteiger charge is -2.25. The molecule has 0 radical (unpaired) electrons. The number of imidazole rings is 1. The zero-order valence-electron chi connectivity index (χ0n) is 14.1. The fourth-order valence-electron chi connectivity index (χ4n) is 3.72. The maximum Gasteiger partial charge on any atom is 0.194 e. The minimum Gasteiger partial charge on any atom is -0.467 e. The summed E-state index contributed by atoms with van der Waals surface area (Å²) in [7, 11) is 0. The van der Waals surface area contributed by atoms with Gasteiger partial charge in [0.15, 0.2) is 4.96 Å². The van der Waals surface area contributed by atoms with Crippen LogP contribution in [0.4, 0.5) is 0 Å². The van der Waals surface area contributed by atoms with Crippen LogP contribution in [0.25, 0.3) is 4.96 Å². The minimum absolute atomic E-state index is 0.384. The molecular formula is C18H23N3O2S. The number of hydrogen-bond donors (Lipinski definition) is 1. The van der Waals surface area contributed by atoms with Crippen LogP contribution in [-0.2, 0) is 6.54 Å². The van der Waals surface area contributed by atoms with Crippen molar-refractivity contribution in [3.05, 3.63) is 46.6 Å². The quantitative estimate of drug-likeness (QED) is 0.766. The molecule has 0 unspecified atom stereocenters. The second-order valence-corrected chi connectivity index (χ2v) is 7.88. The van der Waals surface area contributed by atoms with Crippen molar-refractivity contribution in [3.8, 4) is 0 Å². The maximum absolute atomic E-state index is 10.4. The molecular weight excluding hydrogens is 322 g/mol. The molecule has 3 aromatic rings. The zero-order valence-corrected chi connectivity index (χ0v) is 14.9. The number of nitrogens with zero attached hydrogens (tertiary/aromatic N) is 3. The van der Waals surface area contributed by atoms with E-state index in [-0.39, 0.29) is 0 Å². The topological polar surface area (TPSA) is 53.9 Å². The highest BCUT2D eigenvalue weighted by Crippen LogP contribution is 2.30. The van der Waals surface area contributed by atoms with Crippen molar-refractivity contribution in [1.82, 2.24) is 14.3 Å². The summed E-state index contributed by atoms with van der Waals surface area (Å²) in [5.41, 5.74) is 2.38. The fourth-order valence-corrected chi connectivity index (χ4v) is 4.61. The largest absolute Gasteiger partial charge is 0.467 e. The van der Waals surface area contributed by atoms with Gasteiger partial charge in [-0.05, 0) is 51.8 Å². The fraction of sp³-hybridized carbons (Fsp3) is 0.500. The van der Waals surface area contributed by atoms with Crippen LogP contribution >= 0.6 is 11.3 Å². The first-order chi connectivity index (χ1) is 11.6. The van der Waals surface area contributed by atoms with Gasteiger partial charge in [-0.1, -0.05) is 0 Å². The van der Waals surface area contributed by atoms with Gasteiger partial charge in [-0.3, -0.25) is 9.30 Å². The Balaban J connectivity index is 1.51. The number of thiazole rings is 1. The van der Waals surface area contributed by atoms with E-state index in [1.165, 1.54) is 17.0 Å². The number of hydrogen-bond acceptors (Lipinski definition) is 5. The first kappa shape index (κ1) is 15.9. The number of aryl methyl sites for hydroxylation is 2. The lowest BCUT2D eigenvalue weighted by Crippen LogP contribution is -2.31. The van der Waals surface area contributed by atoms with E-state index in [1.54, 1.807) is 17.6 Å². The van der Waals surface area contributed by atoms with Crippen LogP contribution in [0, 0.1) is 13.8 Å². The van der Waals surface area contributed by atoms with E-state index in [9.17, 15) is 5.11 Å². The van der Waals surface area contributed by atoms with E-state index in [0.717, 1.165) is 36.6 Å². The highest BCUT2D eigenvalue weighted by atomic mass is 32.1. The highest BCUT2D eigenvalue weighted by molar-refractivity contribution is 7.17. The molecule has 2 atom stereocenters. The van der Waals surface area contributed by atoms with E-state index >= 15 is 0 Å². The number of furan rings is 1. The molecule has 1 fully saturated rings. The molecule has 24 heavy (non-hydrogen) atoms. The first-order valence-corrected chi connectivity index (χ1v) is 9.33. The molecule has 0 spiro atoms. The molecule has 1 aliphatic heterocycles. The Labute approximate surface area is 145 Å². The zero-order chi connectivity index (χ0) is 16.7. The molecule has 6 heteroatoms. The van der Waals surface area contributed by atoms with E-state index in [4.69, 9.17) is 9.40 Å². The Kier molecular flexibility index (Phi) is 4.20. The monoisotopic (exact) mass is 345 g/mol. The van der Waals surface area contributed by atoms with Gasteiger partial charge >= 0.3 is 0 Å². The van der Waals surface area contributed by atoms with Crippen LogP contribution in [0.2, 0.25) is 0 Å². The third-order valence-electron chi connectivity index (χ3n) is 4.96. The lowest BCUT2D eigenvalue weighted by atomic mass is 10.0. The van der Waals surface area contributed by atoms with Crippen LogP contribution < -0.4 is 0 Å². The van der Waals surface area contributed by atoms with Gasteiger partial charge in [0, 0.05) is 23.7 Å². The predicted octanol–water partition coefficient (Wildman–Crippen LogP) is 3.69. The Morgan fingerprint density at radius 1 is 1.46 bits per heavy atom. The average Bonchev–Trinajstić information content (AvgIpc) is 3.28. The molecule has 4 heterocycles. The minimum atomic E-state index is -0.527. The van der Waals surface area contributed by atoms with Gasteiger partial charge in [0.25, 0.3) is 0 Å². The summed E-state index contributed by atoms with van der Waals surface area (Å²) in [6, 6.07) is 4.06. The van der Waals surface area contributed by atoms with Gasteiger partial charge in [-0.15, -0.1) is 11.3 Å². The van der Waals surface area contributed by atoms with E-state index in [2.05, 4.69) is 29.3 Å². The smallest absolute Gasteiger partial charge is 0.194 e. The highest BCUT2D eigenvalue weighted by Gasteiger charge is 2.29. The number of fused-ring (bicyclic) bond motifs is 1. The lowest BCUT2D eigenvalue weighted by molar-refractivity contribution is 0.0990. The summed E-state index contributed by atoms with van der Waals surface area (Å²) in [6.07, 6.45) is 6.30. The molecule has 4 rings (SSSR count). The number of aromatic nitrogens is 2. The Bertz CT molecular complexity index is 821. The van der Waals surface area contributed by atoms with Crippen molar-refractivity contribution in [2.45, 2.75) is 51.8 Å². The van der Waals surface area contributed by atoms with Crippen molar-refractivity contribution in [3.63, 3.8) is 0 Å². The third kappa shape index (κ3) is 2.90. The van der Waals surface area contributed by atoms with Crippen molar-refractivity contribution in [2.24, 2.45) is 0 Å². The summed E-state index contributed by atoms with van der Waals surface area (Å²) in [5, 5.41) is 10.4. The van der Waals surface area contributed by atoms with Crippen LogP contribution in [0.3, 0.4) is 0 Å². The summed E-state index contributed by atoms with van der Waals surface area (Å²) >= 11 is 1.74. The SMILES string of the molecule is Cc1cn2c(CN3CCC[C@@H]3C[C@@H](O)c3ccco3)c(C)nc2s1. The van der Waals surface area contributed by atoms with Gasteiger partial charge in [0.05, 0.1) is 17.7 Å². The van der Waals surface area contributed by atoms with Crippen molar-refractivity contribution in [1.29, 1.82) is 0 Å². The van der Waals surface area contributed by atoms with Crippen LogP contribution in [-0.4, -0.2) is 32.0 Å². The number of aliphatic hydroxyl groups excluding tert-OH is 1. The van der Waals surface area contributed by atoms with Gasteiger partial charge in [-0.25, -0.2) is 4.98 Å². The van der Waals surface area contributed by atoms with Crippen LogP contribution in [0.5, 0.6) is 0 Å². The Morgan fingerprint density at radius 3 is 3.12 bits per heavy atom.